The fraction of sp³-hybridized carbons (Fsp3) is 0.200. The van der Waals surface area contributed by atoms with Gasteiger partial charge in [-0.05, 0) is 61.2 Å². The summed E-state index contributed by atoms with van der Waals surface area (Å²) in [6.45, 7) is 0.206. The van der Waals surface area contributed by atoms with Crippen LogP contribution in [0.15, 0.2) is 87.5 Å². The first kappa shape index (κ1) is 15.1. The molecule has 1 unspecified atom stereocenters. The summed E-state index contributed by atoms with van der Waals surface area (Å²) in [5.41, 5.74) is 1.19. The average Bonchev–Trinajstić information content (AvgIpc) is 2.59. The zero-order chi connectivity index (χ0) is 15.2. The van der Waals surface area contributed by atoms with Crippen LogP contribution >= 0.6 is 0 Å². The molecular formula is C20H21OS+. The fourth-order valence-electron chi connectivity index (χ4n) is 2.63. The Morgan fingerprint density at radius 2 is 1.59 bits per heavy atom. The molecule has 1 aliphatic rings. The van der Waals surface area contributed by atoms with Gasteiger partial charge >= 0.3 is 0 Å². The third kappa shape index (κ3) is 3.52. The molecule has 0 heterocycles. The van der Waals surface area contributed by atoms with Gasteiger partial charge in [-0.2, -0.15) is 0 Å². The van der Waals surface area contributed by atoms with Crippen molar-refractivity contribution < 1.29 is 5.11 Å². The molecule has 2 aromatic carbocycles. The average molecular weight is 309 g/mol. The predicted octanol–water partition coefficient (Wildman–Crippen LogP) is 4.49. The number of aliphatic hydroxyl groups is 1. The molecule has 1 N–H and O–H groups in total. The first-order valence-electron chi connectivity index (χ1n) is 7.74. The van der Waals surface area contributed by atoms with E-state index in [1.165, 1.54) is 20.3 Å². The quantitative estimate of drug-likeness (QED) is 0.807. The zero-order valence-electron chi connectivity index (χ0n) is 12.6. The topological polar surface area (TPSA) is 20.2 Å². The molecule has 0 bridgehead atoms. The number of benzene rings is 2. The number of aliphatic hydroxyl groups excluding tert-OH is 1. The lowest BCUT2D eigenvalue weighted by atomic mass is 10.2. The van der Waals surface area contributed by atoms with Crippen LogP contribution in [0, 0.1) is 0 Å². The van der Waals surface area contributed by atoms with Crippen molar-refractivity contribution in [3.8, 4) is 0 Å². The molecule has 112 valence electrons. The van der Waals surface area contributed by atoms with E-state index in [1.807, 2.05) is 0 Å². The number of hydrogen-bond donors (Lipinski definition) is 1. The van der Waals surface area contributed by atoms with Crippen molar-refractivity contribution in [3.63, 3.8) is 0 Å². The van der Waals surface area contributed by atoms with Crippen LogP contribution in [0.4, 0.5) is 0 Å². The van der Waals surface area contributed by atoms with Gasteiger partial charge in [-0.15, -0.1) is 0 Å². The largest absolute Gasteiger partial charge is 0.396 e. The minimum absolute atomic E-state index is 0.0381. The highest BCUT2D eigenvalue weighted by Crippen LogP contribution is 2.33. The van der Waals surface area contributed by atoms with Gasteiger partial charge in [-0.1, -0.05) is 36.4 Å². The Kier molecular flexibility index (Phi) is 5.15. The summed E-state index contributed by atoms with van der Waals surface area (Å²) < 4.78 is 0. The lowest BCUT2D eigenvalue weighted by Crippen LogP contribution is -2.07. The summed E-state index contributed by atoms with van der Waals surface area (Å²) >= 11 is 0. The standard InChI is InChI=1S/C20H21OS/c21-16-15-17-11-13-20(14-12-17)22(18-7-3-1-4-8-18)19-9-5-2-6-10-19/h1,3-5,7-14,21H,2,6,15-16H2/q+1. The van der Waals surface area contributed by atoms with Gasteiger partial charge in [0.2, 0.25) is 0 Å². The van der Waals surface area contributed by atoms with Crippen molar-refractivity contribution in [3.05, 3.63) is 83.3 Å². The van der Waals surface area contributed by atoms with Crippen molar-refractivity contribution in [2.45, 2.75) is 29.1 Å². The van der Waals surface area contributed by atoms with Crippen LogP contribution < -0.4 is 0 Å². The smallest absolute Gasteiger partial charge is 0.166 e. The summed E-state index contributed by atoms with van der Waals surface area (Å²) in [4.78, 5) is 4.10. The van der Waals surface area contributed by atoms with E-state index in [0.29, 0.717) is 0 Å². The van der Waals surface area contributed by atoms with Crippen LogP contribution in [0.5, 0.6) is 0 Å². The van der Waals surface area contributed by atoms with Crippen LogP contribution in [-0.2, 0) is 17.3 Å². The highest BCUT2D eigenvalue weighted by molar-refractivity contribution is 8.00. The van der Waals surface area contributed by atoms with Crippen LogP contribution in [0.1, 0.15) is 18.4 Å². The molecule has 0 fully saturated rings. The molecule has 1 atom stereocenters. The predicted molar refractivity (Wildman–Crippen MR) is 94.0 cm³/mol. The van der Waals surface area contributed by atoms with E-state index in [4.69, 9.17) is 5.11 Å². The highest BCUT2D eigenvalue weighted by atomic mass is 32.2. The molecule has 0 amide bonds. The molecule has 0 aromatic heterocycles. The molecule has 0 radical (unpaired) electrons. The zero-order valence-corrected chi connectivity index (χ0v) is 13.4. The minimum atomic E-state index is -0.0381. The normalized spacial score (nSPS) is 15.4. The van der Waals surface area contributed by atoms with Gasteiger partial charge in [-0.3, -0.25) is 0 Å². The molecule has 0 aliphatic heterocycles. The van der Waals surface area contributed by atoms with Crippen LogP contribution in [-0.4, -0.2) is 11.7 Å². The molecule has 2 aromatic rings. The molecule has 0 spiro atoms. The molecule has 0 saturated heterocycles. The maximum absolute atomic E-state index is 9.06. The molecule has 1 nitrogen and oxygen atoms in total. The van der Waals surface area contributed by atoms with Crippen LogP contribution in [0.3, 0.4) is 0 Å². The monoisotopic (exact) mass is 309 g/mol. The van der Waals surface area contributed by atoms with Gasteiger partial charge in [0.25, 0.3) is 0 Å². The number of rotatable bonds is 5. The third-order valence-electron chi connectivity index (χ3n) is 3.74. The van der Waals surface area contributed by atoms with Gasteiger partial charge in [-0.25, -0.2) is 0 Å². The molecule has 2 heteroatoms. The second kappa shape index (κ2) is 7.48. The Balaban J connectivity index is 1.98. The van der Waals surface area contributed by atoms with E-state index in [9.17, 15) is 0 Å². The van der Waals surface area contributed by atoms with Gasteiger partial charge in [0, 0.05) is 6.61 Å². The van der Waals surface area contributed by atoms with Crippen molar-refractivity contribution in [1.29, 1.82) is 0 Å². The molecule has 22 heavy (non-hydrogen) atoms. The minimum Gasteiger partial charge on any atom is -0.396 e. The second-order valence-corrected chi connectivity index (χ2v) is 7.35. The maximum Gasteiger partial charge on any atom is 0.166 e. The lowest BCUT2D eigenvalue weighted by molar-refractivity contribution is 0.299. The highest BCUT2D eigenvalue weighted by Gasteiger charge is 2.29. The van der Waals surface area contributed by atoms with Crippen LogP contribution in [0.2, 0.25) is 0 Å². The van der Waals surface area contributed by atoms with E-state index in [0.717, 1.165) is 19.3 Å². The van der Waals surface area contributed by atoms with Gasteiger partial charge < -0.3 is 5.11 Å². The van der Waals surface area contributed by atoms with Gasteiger partial charge in [0.05, 0.1) is 10.9 Å². The van der Waals surface area contributed by atoms with Crippen molar-refractivity contribution in [2.24, 2.45) is 0 Å². The SMILES string of the molecule is OCCc1ccc([S+](C2=CCCC=C2)c2ccccc2)cc1. The fourth-order valence-corrected chi connectivity index (χ4v) is 4.80. The Morgan fingerprint density at radius 1 is 0.864 bits per heavy atom. The van der Waals surface area contributed by atoms with E-state index >= 15 is 0 Å². The Bertz CT molecular complexity index is 656. The number of hydrogen-bond acceptors (Lipinski definition) is 1. The van der Waals surface area contributed by atoms with E-state index in [2.05, 4.69) is 72.8 Å². The van der Waals surface area contributed by atoms with Crippen LogP contribution in [0.25, 0.3) is 0 Å². The van der Waals surface area contributed by atoms with Gasteiger partial charge in [0.1, 0.15) is 0 Å². The molecular weight excluding hydrogens is 288 g/mol. The maximum atomic E-state index is 9.06. The number of allylic oxidation sites excluding steroid dienone is 3. The van der Waals surface area contributed by atoms with Crippen molar-refractivity contribution >= 4 is 10.9 Å². The molecule has 1 aliphatic carbocycles. The summed E-state index contributed by atoms with van der Waals surface area (Å²) in [6, 6.07) is 19.4. The lowest BCUT2D eigenvalue weighted by Gasteiger charge is -2.11. The Morgan fingerprint density at radius 3 is 2.23 bits per heavy atom. The van der Waals surface area contributed by atoms with Gasteiger partial charge in [0.15, 0.2) is 14.7 Å². The summed E-state index contributed by atoms with van der Waals surface area (Å²) in [6.07, 6.45) is 9.93. The molecule has 0 saturated carbocycles. The van der Waals surface area contributed by atoms with E-state index in [1.54, 1.807) is 0 Å². The Labute approximate surface area is 135 Å². The Hall–Kier alpha value is -1.77. The van der Waals surface area contributed by atoms with Crippen molar-refractivity contribution in [2.75, 3.05) is 6.61 Å². The van der Waals surface area contributed by atoms with Crippen molar-refractivity contribution in [1.82, 2.24) is 0 Å². The summed E-state index contributed by atoms with van der Waals surface area (Å²) in [7, 11) is -0.0381. The summed E-state index contributed by atoms with van der Waals surface area (Å²) in [5.74, 6) is 0. The first-order chi connectivity index (χ1) is 10.9. The summed E-state index contributed by atoms with van der Waals surface area (Å²) in [5, 5.41) is 9.06. The second-order valence-electron chi connectivity index (χ2n) is 5.32. The molecule has 3 rings (SSSR count). The third-order valence-corrected chi connectivity index (χ3v) is 6.00. The first-order valence-corrected chi connectivity index (χ1v) is 8.97. The van der Waals surface area contributed by atoms with E-state index < -0.39 is 0 Å². The van der Waals surface area contributed by atoms with E-state index in [-0.39, 0.29) is 17.5 Å².